The summed E-state index contributed by atoms with van der Waals surface area (Å²) in [6.45, 7) is 6.63. The van der Waals surface area contributed by atoms with Gasteiger partial charge in [-0.2, -0.15) is 0 Å². The number of rotatable bonds is 5. The fourth-order valence-corrected chi connectivity index (χ4v) is 2.40. The quantitative estimate of drug-likeness (QED) is 0.489. The van der Waals surface area contributed by atoms with E-state index >= 15 is 0 Å². The first kappa shape index (κ1) is 13.2. The molecule has 16 heavy (non-hydrogen) atoms. The third kappa shape index (κ3) is 3.62. The van der Waals surface area contributed by atoms with Crippen molar-refractivity contribution in [2.75, 3.05) is 0 Å². The van der Waals surface area contributed by atoms with Gasteiger partial charge in [0.05, 0.1) is 0 Å². The molecule has 1 aliphatic carbocycles. The average molecular weight is 220 g/mol. The molecule has 90 valence electrons. The van der Waals surface area contributed by atoms with Crippen LogP contribution in [-0.2, 0) is 4.79 Å². The SMILES string of the molecule is CC(C)=C(C)C1=C(CCCC=O)CCCC1. The van der Waals surface area contributed by atoms with Crippen LogP contribution in [0.4, 0.5) is 0 Å². The minimum absolute atomic E-state index is 0.713. The molecule has 1 rings (SSSR count). The van der Waals surface area contributed by atoms with Crippen LogP contribution in [0.5, 0.6) is 0 Å². The van der Waals surface area contributed by atoms with Gasteiger partial charge in [-0.15, -0.1) is 0 Å². The highest BCUT2D eigenvalue weighted by Crippen LogP contribution is 2.33. The second-order valence-corrected chi connectivity index (χ2v) is 4.97. The molecule has 0 spiro atoms. The summed E-state index contributed by atoms with van der Waals surface area (Å²) in [5.74, 6) is 0. The maximum Gasteiger partial charge on any atom is 0.120 e. The van der Waals surface area contributed by atoms with Gasteiger partial charge < -0.3 is 4.79 Å². The van der Waals surface area contributed by atoms with Crippen molar-refractivity contribution in [1.82, 2.24) is 0 Å². The fraction of sp³-hybridized carbons (Fsp3) is 0.667. The van der Waals surface area contributed by atoms with Gasteiger partial charge >= 0.3 is 0 Å². The lowest BCUT2D eigenvalue weighted by Crippen LogP contribution is -2.02. The van der Waals surface area contributed by atoms with E-state index in [1.54, 1.807) is 11.1 Å². The van der Waals surface area contributed by atoms with E-state index in [1.165, 1.54) is 36.8 Å². The van der Waals surface area contributed by atoms with Crippen molar-refractivity contribution in [3.8, 4) is 0 Å². The highest BCUT2D eigenvalue weighted by atomic mass is 16.1. The number of allylic oxidation sites excluding steroid dienone is 4. The Bertz CT molecular complexity index is 303. The molecule has 1 aliphatic rings. The van der Waals surface area contributed by atoms with Crippen molar-refractivity contribution in [3.05, 3.63) is 22.3 Å². The standard InChI is InChI=1S/C15H24O/c1-12(2)13(3)15-10-5-4-8-14(15)9-6-7-11-16/h11H,4-10H2,1-3H3. The van der Waals surface area contributed by atoms with Gasteiger partial charge in [0.25, 0.3) is 0 Å². The molecular formula is C15H24O. The van der Waals surface area contributed by atoms with Gasteiger partial charge in [0.2, 0.25) is 0 Å². The molecule has 0 aromatic heterocycles. The molecule has 0 N–H and O–H groups in total. The lowest BCUT2D eigenvalue weighted by molar-refractivity contribution is -0.107. The van der Waals surface area contributed by atoms with E-state index in [2.05, 4.69) is 20.8 Å². The molecule has 0 fully saturated rings. The number of hydrogen-bond donors (Lipinski definition) is 0. The van der Waals surface area contributed by atoms with Gasteiger partial charge in [-0.25, -0.2) is 0 Å². The van der Waals surface area contributed by atoms with Gasteiger partial charge in [-0.3, -0.25) is 0 Å². The molecule has 0 aliphatic heterocycles. The van der Waals surface area contributed by atoms with Crippen molar-refractivity contribution < 1.29 is 4.79 Å². The molecule has 0 atom stereocenters. The van der Waals surface area contributed by atoms with Crippen molar-refractivity contribution in [1.29, 1.82) is 0 Å². The molecule has 1 heteroatoms. The third-order valence-corrected chi connectivity index (χ3v) is 3.59. The third-order valence-electron chi connectivity index (χ3n) is 3.59. The van der Waals surface area contributed by atoms with Crippen LogP contribution in [0.3, 0.4) is 0 Å². The minimum atomic E-state index is 0.713. The summed E-state index contributed by atoms with van der Waals surface area (Å²) in [7, 11) is 0. The molecular weight excluding hydrogens is 196 g/mol. The molecule has 1 nitrogen and oxygen atoms in total. The van der Waals surface area contributed by atoms with Crippen LogP contribution in [-0.4, -0.2) is 6.29 Å². The van der Waals surface area contributed by atoms with E-state index in [-0.39, 0.29) is 0 Å². The molecule has 0 radical (unpaired) electrons. The highest BCUT2D eigenvalue weighted by Gasteiger charge is 2.14. The van der Waals surface area contributed by atoms with Gasteiger partial charge in [0, 0.05) is 6.42 Å². The summed E-state index contributed by atoms with van der Waals surface area (Å²) in [4.78, 5) is 10.3. The predicted octanol–water partition coefficient (Wildman–Crippen LogP) is 4.58. The first-order chi connectivity index (χ1) is 7.66. The van der Waals surface area contributed by atoms with E-state index in [1.807, 2.05) is 0 Å². The Morgan fingerprint density at radius 1 is 1.19 bits per heavy atom. The number of carbonyl (C=O) groups excluding carboxylic acids is 1. The van der Waals surface area contributed by atoms with Gasteiger partial charge in [-0.1, -0.05) is 11.1 Å². The van der Waals surface area contributed by atoms with Crippen molar-refractivity contribution in [2.45, 2.75) is 65.7 Å². The first-order valence-corrected chi connectivity index (χ1v) is 6.45. The normalized spacial score (nSPS) is 16.2. The summed E-state index contributed by atoms with van der Waals surface area (Å²) in [6, 6.07) is 0. The molecule has 0 amide bonds. The van der Waals surface area contributed by atoms with Crippen LogP contribution in [0.2, 0.25) is 0 Å². The summed E-state index contributed by atoms with van der Waals surface area (Å²) in [6.07, 6.45) is 9.05. The van der Waals surface area contributed by atoms with Crippen molar-refractivity contribution in [2.24, 2.45) is 0 Å². The molecule has 0 unspecified atom stereocenters. The average Bonchev–Trinajstić information content (AvgIpc) is 2.29. The van der Waals surface area contributed by atoms with Crippen LogP contribution in [0.15, 0.2) is 22.3 Å². The Labute approximate surface area is 99.6 Å². The first-order valence-electron chi connectivity index (χ1n) is 6.45. The zero-order chi connectivity index (χ0) is 12.0. The predicted molar refractivity (Wildman–Crippen MR) is 69.5 cm³/mol. The van der Waals surface area contributed by atoms with E-state index < -0.39 is 0 Å². The number of hydrogen-bond acceptors (Lipinski definition) is 1. The van der Waals surface area contributed by atoms with Crippen LogP contribution >= 0.6 is 0 Å². The molecule has 0 heterocycles. The van der Waals surface area contributed by atoms with E-state index in [4.69, 9.17) is 0 Å². The summed E-state index contributed by atoms with van der Waals surface area (Å²) in [5, 5.41) is 0. The zero-order valence-corrected chi connectivity index (χ0v) is 10.9. The van der Waals surface area contributed by atoms with Crippen LogP contribution in [0.1, 0.15) is 65.7 Å². The summed E-state index contributed by atoms with van der Waals surface area (Å²) in [5.41, 5.74) is 6.13. The molecule has 0 aromatic rings. The lowest BCUT2D eigenvalue weighted by atomic mass is 9.84. The maximum atomic E-state index is 10.3. The zero-order valence-electron chi connectivity index (χ0n) is 10.9. The monoisotopic (exact) mass is 220 g/mol. The Kier molecular flexibility index (Phi) is 5.51. The summed E-state index contributed by atoms with van der Waals surface area (Å²) < 4.78 is 0. The van der Waals surface area contributed by atoms with Gasteiger partial charge in [0.15, 0.2) is 0 Å². The van der Waals surface area contributed by atoms with Gasteiger partial charge in [-0.05, 0) is 70.4 Å². The lowest BCUT2D eigenvalue weighted by Gasteiger charge is -2.22. The second kappa shape index (κ2) is 6.67. The largest absolute Gasteiger partial charge is 0.303 e. The smallest absolute Gasteiger partial charge is 0.120 e. The van der Waals surface area contributed by atoms with E-state index in [0.717, 1.165) is 19.1 Å². The number of unbranched alkanes of at least 4 members (excludes halogenated alkanes) is 1. The number of carbonyl (C=O) groups is 1. The van der Waals surface area contributed by atoms with Crippen LogP contribution in [0.25, 0.3) is 0 Å². The fourth-order valence-electron chi connectivity index (χ4n) is 2.40. The molecule has 0 aromatic carbocycles. The van der Waals surface area contributed by atoms with Crippen molar-refractivity contribution >= 4 is 6.29 Å². The highest BCUT2D eigenvalue weighted by molar-refractivity contribution is 5.49. The number of aldehydes is 1. The Morgan fingerprint density at radius 2 is 1.88 bits per heavy atom. The summed E-state index contributed by atoms with van der Waals surface area (Å²) >= 11 is 0. The van der Waals surface area contributed by atoms with Crippen LogP contribution in [0, 0.1) is 0 Å². The Hall–Kier alpha value is -0.850. The molecule has 0 saturated carbocycles. The Morgan fingerprint density at radius 3 is 2.50 bits per heavy atom. The maximum absolute atomic E-state index is 10.3. The molecule has 0 bridgehead atoms. The van der Waals surface area contributed by atoms with E-state index in [0.29, 0.717) is 6.42 Å². The van der Waals surface area contributed by atoms with E-state index in [9.17, 15) is 4.79 Å². The second-order valence-electron chi connectivity index (χ2n) is 4.97. The van der Waals surface area contributed by atoms with Crippen molar-refractivity contribution in [3.63, 3.8) is 0 Å². The van der Waals surface area contributed by atoms with Gasteiger partial charge in [0.1, 0.15) is 6.29 Å². The topological polar surface area (TPSA) is 17.1 Å². The minimum Gasteiger partial charge on any atom is -0.303 e. The molecule has 0 saturated heterocycles. The Balaban J connectivity index is 2.79. The van der Waals surface area contributed by atoms with Crippen LogP contribution < -0.4 is 0 Å².